The van der Waals surface area contributed by atoms with Crippen LogP contribution in [0, 0.1) is 5.82 Å². The number of nitrogens with zero attached hydrogens (tertiary/aromatic N) is 3. The SMILES string of the molecule is CCOC(=O)c1cnn(-c2ccc(F)cc2)c1NC(=O)Nc1cccc(S(=O)(=O)N2CCCc3ccccc32)c1. The Hall–Kier alpha value is -4.71. The number of fused-ring (bicyclic) bond motifs is 1. The number of anilines is 3. The molecular formula is C28H26FN5O5S. The number of para-hydroxylation sites is 1. The second-order valence-electron chi connectivity index (χ2n) is 8.93. The van der Waals surface area contributed by atoms with E-state index in [1.165, 1.54) is 57.6 Å². The molecule has 1 aromatic heterocycles. The fourth-order valence-corrected chi connectivity index (χ4v) is 6.07. The number of aryl methyl sites for hydroxylation is 1. The summed E-state index contributed by atoms with van der Waals surface area (Å²) in [4.78, 5) is 25.6. The van der Waals surface area contributed by atoms with Gasteiger partial charge >= 0.3 is 12.0 Å². The largest absolute Gasteiger partial charge is 0.462 e. The minimum absolute atomic E-state index is 0.00346. The highest BCUT2D eigenvalue weighted by Gasteiger charge is 2.29. The summed E-state index contributed by atoms with van der Waals surface area (Å²) in [6.07, 6.45) is 2.73. The van der Waals surface area contributed by atoms with E-state index in [1.807, 2.05) is 12.1 Å². The van der Waals surface area contributed by atoms with Gasteiger partial charge in [-0.3, -0.25) is 9.62 Å². The molecule has 0 fully saturated rings. The molecule has 1 aliphatic heterocycles. The number of amides is 2. The highest BCUT2D eigenvalue weighted by Crippen LogP contribution is 2.32. The maximum Gasteiger partial charge on any atom is 0.343 e. The third-order valence-corrected chi connectivity index (χ3v) is 8.12. The number of ether oxygens (including phenoxy) is 1. The summed E-state index contributed by atoms with van der Waals surface area (Å²) >= 11 is 0. The zero-order chi connectivity index (χ0) is 28.3. The maximum atomic E-state index is 13.6. The van der Waals surface area contributed by atoms with E-state index >= 15 is 0 Å². The number of hydrogen-bond acceptors (Lipinski definition) is 6. The van der Waals surface area contributed by atoms with Crippen molar-refractivity contribution in [2.24, 2.45) is 0 Å². The van der Waals surface area contributed by atoms with Crippen molar-refractivity contribution in [1.82, 2.24) is 9.78 Å². The third kappa shape index (κ3) is 5.38. The molecule has 0 atom stereocenters. The Bertz CT molecular complexity index is 1670. The quantitative estimate of drug-likeness (QED) is 0.306. The second-order valence-corrected chi connectivity index (χ2v) is 10.8. The predicted molar refractivity (Wildman–Crippen MR) is 148 cm³/mol. The van der Waals surface area contributed by atoms with Crippen LogP contribution in [0.2, 0.25) is 0 Å². The number of sulfonamides is 1. The van der Waals surface area contributed by atoms with E-state index in [0.717, 1.165) is 12.0 Å². The lowest BCUT2D eigenvalue weighted by Gasteiger charge is -2.30. The summed E-state index contributed by atoms with van der Waals surface area (Å²) in [6, 6.07) is 17.9. The Morgan fingerprint density at radius 1 is 1.02 bits per heavy atom. The second kappa shape index (κ2) is 11.2. The van der Waals surface area contributed by atoms with Gasteiger partial charge in [0.2, 0.25) is 0 Å². The molecule has 10 nitrogen and oxygen atoms in total. The fourth-order valence-electron chi connectivity index (χ4n) is 4.49. The molecule has 3 aromatic carbocycles. The van der Waals surface area contributed by atoms with Crippen molar-refractivity contribution in [3.8, 4) is 5.69 Å². The number of hydrogen-bond donors (Lipinski definition) is 2. The third-order valence-electron chi connectivity index (χ3n) is 6.32. The number of esters is 1. The summed E-state index contributed by atoms with van der Waals surface area (Å²) in [5.41, 5.74) is 2.20. The fraction of sp³-hybridized carbons (Fsp3) is 0.179. The lowest BCUT2D eigenvalue weighted by atomic mass is 10.0. The summed E-state index contributed by atoms with van der Waals surface area (Å²) in [6.45, 7) is 2.10. The molecule has 2 heterocycles. The Morgan fingerprint density at radius 2 is 1.80 bits per heavy atom. The molecule has 4 aromatic rings. The van der Waals surface area contributed by atoms with Crippen molar-refractivity contribution in [3.05, 3.63) is 95.9 Å². The van der Waals surface area contributed by atoms with Gasteiger partial charge in [-0.25, -0.2) is 27.1 Å². The van der Waals surface area contributed by atoms with Gasteiger partial charge in [0.1, 0.15) is 11.4 Å². The average Bonchev–Trinajstić information content (AvgIpc) is 3.36. The number of benzene rings is 3. The molecule has 0 aliphatic carbocycles. The molecule has 5 rings (SSSR count). The molecular weight excluding hydrogens is 537 g/mol. The Morgan fingerprint density at radius 3 is 2.58 bits per heavy atom. The van der Waals surface area contributed by atoms with Gasteiger partial charge < -0.3 is 10.1 Å². The Balaban J connectivity index is 1.40. The van der Waals surface area contributed by atoms with Crippen LogP contribution in [0.5, 0.6) is 0 Å². The lowest BCUT2D eigenvalue weighted by Crippen LogP contribution is -2.35. The number of carbonyl (C=O) groups is 2. The number of rotatable bonds is 7. The predicted octanol–water partition coefficient (Wildman–Crippen LogP) is 4.97. The van der Waals surface area contributed by atoms with Crippen molar-refractivity contribution in [3.63, 3.8) is 0 Å². The minimum Gasteiger partial charge on any atom is -0.462 e. The van der Waals surface area contributed by atoms with Gasteiger partial charge in [-0.1, -0.05) is 24.3 Å². The molecule has 2 amide bonds. The van der Waals surface area contributed by atoms with Gasteiger partial charge in [-0.05, 0) is 73.9 Å². The molecule has 0 saturated heterocycles. The van der Waals surface area contributed by atoms with Crippen LogP contribution in [0.15, 0.2) is 83.9 Å². The van der Waals surface area contributed by atoms with Crippen molar-refractivity contribution in [2.45, 2.75) is 24.7 Å². The van der Waals surface area contributed by atoms with E-state index in [0.29, 0.717) is 24.3 Å². The van der Waals surface area contributed by atoms with Crippen LogP contribution >= 0.6 is 0 Å². The molecule has 1 aliphatic rings. The van der Waals surface area contributed by atoms with Crippen LogP contribution in [-0.2, 0) is 21.2 Å². The first-order chi connectivity index (χ1) is 19.3. The zero-order valence-corrected chi connectivity index (χ0v) is 22.3. The molecule has 0 radical (unpaired) electrons. The van der Waals surface area contributed by atoms with E-state index < -0.39 is 27.8 Å². The van der Waals surface area contributed by atoms with Crippen LogP contribution in [0.4, 0.5) is 26.4 Å². The molecule has 206 valence electrons. The summed E-state index contributed by atoms with van der Waals surface area (Å²) < 4.78 is 48.3. The monoisotopic (exact) mass is 563 g/mol. The van der Waals surface area contributed by atoms with Gasteiger partial charge in [-0.2, -0.15) is 5.10 Å². The first-order valence-electron chi connectivity index (χ1n) is 12.6. The van der Waals surface area contributed by atoms with Crippen LogP contribution in [0.1, 0.15) is 29.3 Å². The van der Waals surface area contributed by atoms with Gasteiger partial charge in [0.15, 0.2) is 5.82 Å². The Kier molecular flexibility index (Phi) is 7.52. The van der Waals surface area contributed by atoms with E-state index in [2.05, 4.69) is 15.7 Å². The van der Waals surface area contributed by atoms with Crippen LogP contribution in [0.3, 0.4) is 0 Å². The van der Waals surface area contributed by atoms with Crippen LogP contribution in [-0.4, -0.2) is 43.4 Å². The van der Waals surface area contributed by atoms with Gasteiger partial charge in [-0.15, -0.1) is 0 Å². The highest BCUT2D eigenvalue weighted by atomic mass is 32.2. The Labute approximate surface area is 230 Å². The van der Waals surface area contributed by atoms with Gasteiger partial charge in [0.05, 0.1) is 29.1 Å². The molecule has 2 N–H and O–H groups in total. The van der Waals surface area contributed by atoms with E-state index in [1.54, 1.807) is 25.1 Å². The van der Waals surface area contributed by atoms with Gasteiger partial charge in [0, 0.05) is 12.2 Å². The van der Waals surface area contributed by atoms with Crippen molar-refractivity contribution >= 4 is 39.2 Å². The lowest BCUT2D eigenvalue weighted by molar-refractivity contribution is 0.0527. The number of urea groups is 1. The van der Waals surface area contributed by atoms with Crippen molar-refractivity contribution < 1.29 is 27.1 Å². The molecule has 40 heavy (non-hydrogen) atoms. The van der Waals surface area contributed by atoms with Crippen molar-refractivity contribution in [1.29, 1.82) is 0 Å². The highest BCUT2D eigenvalue weighted by molar-refractivity contribution is 7.92. The first kappa shape index (κ1) is 26.9. The standard InChI is InChI=1S/C28H26FN5O5S/c1-2-39-27(35)24-18-30-34(22-14-12-20(29)13-15-22)26(24)32-28(36)31-21-9-5-10-23(17-21)40(37,38)33-16-6-8-19-7-3-4-11-25(19)33/h3-5,7,9-15,17-18H,2,6,8,16H2,1H3,(H2,31,32,36). The number of carbonyl (C=O) groups excluding carboxylic acids is 2. The van der Waals surface area contributed by atoms with E-state index in [9.17, 15) is 22.4 Å². The summed E-state index contributed by atoms with van der Waals surface area (Å²) in [7, 11) is -3.90. The average molecular weight is 564 g/mol. The minimum atomic E-state index is -3.90. The zero-order valence-electron chi connectivity index (χ0n) is 21.5. The number of halogens is 1. The summed E-state index contributed by atoms with van der Waals surface area (Å²) in [5, 5.41) is 9.37. The maximum absolute atomic E-state index is 13.6. The molecule has 0 bridgehead atoms. The van der Waals surface area contributed by atoms with E-state index in [-0.39, 0.29) is 28.6 Å². The molecule has 12 heteroatoms. The molecule has 0 spiro atoms. The van der Waals surface area contributed by atoms with Crippen LogP contribution in [0.25, 0.3) is 5.69 Å². The van der Waals surface area contributed by atoms with Crippen molar-refractivity contribution in [2.75, 3.05) is 28.1 Å². The number of nitrogens with one attached hydrogen (secondary N) is 2. The van der Waals surface area contributed by atoms with E-state index in [4.69, 9.17) is 4.74 Å². The first-order valence-corrected chi connectivity index (χ1v) is 14.0. The van der Waals surface area contributed by atoms with Crippen LogP contribution < -0.4 is 14.9 Å². The smallest absolute Gasteiger partial charge is 0.343 e. The molecule has 0 saturated carbocycles. The normalized spacial score (nSPS) is 12.9. The topological polar surface area (TPSA) is 123 Å². The number of aromatic nitrogens is 2. The van der Waals surface area contributed by atoms with Gasteiger partial charge in [0.25, 0.3) is 10.0 Å². The summed E-state index contributed by atoms with van der Waals surface area (Å²) in [5.74, 6) is -1.17. The molecule has 0 unspecified atom stereocenters.